The predicted molar refractivity (Wildman–Crippen MR) is 110 cm³/mol. The summed E-state index contributed by atoms with van der Waals surface area (Å²) < 4.78 is 16.8. The van der Waals surface area contributed by atoms with Gasteiger partial charge in [-0.1, -0.05) is 53.7 Å². The SMILES string of the molecule is O=C(Nc1cccc(-c2nc(-c3ccccc3)no2)c1)[C@H]1COc2ccccc2O1. The molecule has 1 aromatic heterocycles. The number of hydrogen-bond donors (Lipinski definition) is 1. The van der Waals surface area contributed by atoms with Gasteiger partial charge in [0.15, 0.2) is 11.5 Å². The Morgan fingerprint density at radius 3 is 2.53 bits per heavy atom. The summed E-state index contributed by atoms with van der Waals surface area (Å²) in [6.07, 6.45) is -0.739. The fourth-order valence-electron chi connectivity index (χ4n) is 3.15. The van der Waals surface area contributed by atoms with E-state index in [9.17, 15) is 4.79 Å². The Morgan fingerprint density at radius 1 is 0.900 bits per heavy atom. The Bertz CT molecular complexity index is 1190. The number of hydrogen-bond acceptors (Lipinski definition) is 6. The topological polar surface area (TPSA) is 86.5 Å². The van der Waals surface area contributed by atoms with Crippen LogP contribution in [-0.4, -0.2) is 28.8 Å². The van der Waals surface area contributed by atoms with E-state index >= 15 is 0 Å². The number of fused-ring (bicyclic) bond motifs is 1. The third kappa shape index (κ3) is 3.60. The first kappa shape index (κ1) is 17.9. The first-order valence-corrected chi connectivity index (χ1v) is 9.45. The molecule has 0 radical (unpaired) electrons. The molecule has 0 spiro atoms. The Morgan fingerprint density at radius 2 is 1.67 bits per heavy atom. The summed E-state index contributed by atoms with van der Waals surface area (Å²) in [6.45, 7) is 0.145. The van der Waals surface area contributed by atoms with E-state index in [4.69, 9.17) is 14.0 Å². The zero-order valence-electron chi connectivity index (χ0n) is 15.8. The van der Waals surface area contributed by atoms with Crippen LogP contribution in [0.25, 0.3) is 22.8 Å². The molecule has 30 heavy (non-hydrogen) atoms. The van der Waals surface area contributed by atoms with Gasteiger partial charge in [-0.15, -0.1) is 0 Å². The Kier molecular flexibility index (Phi) is 4.61. The second-order valence-electron chi connectivity index (χ2n) is 6.72. The maximum absolute atomic E-state index is 12.6. The highest BCUT2D eigenvalue weighted by molar-refractivity contribution is 5.95. The number of benzene rings is 3. The van der Waals surface area contributed by atoms with Crippen LogP contribution < -0.4 is 14.8 Å². The van der Waals surface area contributed by atoms with Gasteiger partial charge in [-0.3, -0.25) is 4.79 Å². The van der Waals surface area contributed by atoms with Gasteiger partial charge in [0.2, 0.25) is 11.9 Å². The molecule has 3 aromatic carbocycles. The number of carbonyl (C=O) groups excluding carboxylic acids is 1. The van der Waals surface area contributed by atoms with Crippen molar-refractivity contribution in [1.82, 2.24) is 10.1 Å². The van der Waals surface area contributed by atoms with Crippen molar-refractivity contribution in [3.63, 3.8) is 0 Å². The van der Waals surface area contributed by atoms with Gasteiger partial charge in [0.1, 0.15) is 6.61 Å². The van der Waals surface area contributed by atoms with Crippen molar-refractivity contribution in [3.8, 4) is 34.3 Å². The molecular weight excluding hydrogens is 382 g/mol. The predicted octanol–water partition coefficient (Wildman–Crippen LogP) is 4.18. The lowest BCUT2D eigenvalue weighted by molar-refractivity contribution is -0.125. The van der Waals surface area contributed by atoms with E-state index in [-0.39, 0.29) is 12.5 Å². The van der Waals surface area contributed by atoms with Crippen LogP contribution in [0.5, 0.6) is 11.5 Å². The molecule has 1 N–H and O–H groups in total. The number of para-hydroxylation sites is 2. The molecule has 2 heterocycles. The van der Waals surface area contributed by atoms with Crippen LogP contribution in [0.4, 0.5) is 5.69 Å². The van der Waals surface area contributed by atoms with Gasteiger partial charge >= 0.3 is 0 Å². The van der Waals surface area contributed by atoms with Crippen LogP contribution >= 0.6 is 0 Å². The zero-order chi connectivity index (χ0) is 20.3. The molecule has 0 bridgehead atoms. The van der Waals surface area contributed by atoms with E-state index in [1.165, 1.54) is 0 Å². The van der Waals surface area contributed by atoms with Crippen molar-refractivity contribution in [1.29, 1.82) is 0 Å². The molecule has 1 amide bonds. The molecule has 0 aliphatic carbocycles. The number of amides is 1. The second kappa shape index (κ2) is 7.71. The third-order valence-electron chi connectivity index (χ3n) is 4.64. The highest BCUT2D eigenvalue weighted by Crippen LogP contribution is 2.31. The number of carbonyl (C=O) groups is 1. The number of rotatable bonds is 4. The summed E-state index contributed by atoms with van der Waals surface area (Å²) in [5, 5.41) is 6.90. The zero-order valence-corrected chi connectivity index (χ0v) is 15.8. The van der Waals surface area contributed by atoms with E-state index in [2.05, 4.69) is 15.5 Å². The quantitative estimate of drug-likeness (QED) is 0.554. The van der Waals surface area contributed by atoms with E-state index in [1.54, 1.807) is 24.3 Å². The average molecular weight is 399 g/mol. The van der Waals surface area contributed by atoms with E-state index < -0.39 is 6.10 Å². The minimum atomic E-state index is -0.739. The summed E-state index contributed by atoms with van der Waals surface area (Å²) in [5.74, 6) is 1.77. The van der Waals surface area contributed by atoms with Crippen molar-refractivity contribution >= 4 is 11.6 Å². The largest absolute Gasteiger partial charge is 0.485 e. The number of anilines is 1. The molecule has 1 atom stereocenters. The molecular formula is C23H17N3O4. The maximum atomic E-state index is 12.6. The van der Waals surface area contributed by atoms with Crippen LogP contribution in [0.2, 0.25) is 0 Å². The van der Waals surface area contributed by atoms with Gasteiger partial charge < -0.3 is 19.3 Å². The van der Waals surface area contributed by atoms with Gasteiger partial charge in [-0.25, -0.2) is 0 Å². The number of aromatic nitrogens is 2. The monoisotopic (exact) mass is 399 g/mol. The van der Waals surface area contributed by atoms with Crippen LogP contribution in [0.1, 0.15) is 0 Å². The molecule has 1 aliphatic rings. The lowest BCUT2D eigenvalue weighted by Gasteiger charge is -2.25. The molecule has 4 aromatic rings. The van der Waals surface area contributed by atoms with Gasteiger partial charge in [-0.05, 0) is 30.3 Å². The lowest BCUT2D eigenvalue weighted by Crippen LogP contribution is -2.40. The number of nitrogens with zero attached hydrogens (tertiary/aromatic N) is 2. The molecule has 0 saturated carbocycles. The summed E-state index contributed by atoms with van der Waals surface area (Å²) in [4.78, 5) is 17.1. The smallest absolute Gasteiger partial charge is 0.269 e. The molecule has 0 fully saturated rings. The molecule has 1 aliphatic heterocycles. The van der Waals surface area contributed by atoms with Crippen molar-refractivity contribution in [2.45, 2.75) is 6.10 Å². The number of ether oxygens (including phenoxy) is 2. The average Bonchev–Trinajstić information content (AvgIpc) is 3.30. The van der Waals surface area contributed by atoms with Gasteiger partial charge in [-0.2, -0.15) is 4.98 Å². The summed E-state index contributed by atoms with van der Waals surface area (Å²) in [7, 11) is 0. The van der Waals surface area contributed by atoms with Crippen molar-refractivity contribution in [2.75, 3.05) is 11.9 Å². The first-order chi connectivity index (χ1) is 14.8. The molecule has 5 rings (SSSR count). The van der Waals surface area contributed by atoms with Crippen LogP contribution in [-0.2, 0) is 4.79 Å². The van der Waals surface area contributed by atoms with E-state index in [0.717, 1.165) is 5.56 Å². The Hall–Kier alpha value is -4.13. The molecule has 0 unspecified atom stereocenters. The third-order valence-corrected chi connectivity index (χ3v) is 4.64. The second-order valence-corrected chi connectivity index (χ2v) is 6.72. The minimum Gasteiger partial charge on any atom is -0.485 e. The standard InChI is InChI=1S/C23H17N3O4/c27-22(20-14-28-18-11-4-5-12-19(18)29-20)24-17-10-6-9-16(13-17)23-25-21(26-30-23)15-7-2-1-3-8-15/h1-13,20H,14H2,(H,24,27)/t20-/m1/s1. The van der Waals surface area contributed by atoms with Gasteiger partial charge in [0, 0.05) is 16.8 Å². The fraction of sp³-hybridized carbons (Fsp3) is 0.0870. The minimum absolute atomic E-state index is 0.145. The molecule has 7 heteroatoms. The van der Waals surface area contributed by atoms with E-state index in [1.807, 2.05) is 54.6 Å². The van der Waals surface area contributed by atoms with E-state index in [0.29, 0.717) is 34.5 Å². The van der Waals surface area contributed by atoms with Crippen molar-refractivity contribution in [3.05, 3.63) is 78.9 Å². The van der Waals surface area contributed by atoms with Crippen molar-refractivity contribution in [2.24, 2.45) is 0 Å². The fourth-order valence-corrected chi connectivity index (χ4v) is 3.15. The molecule has 7 nitrogen and oxygen atoms in total. The van der Waals surface area contributed by atoms with Crippen molar-refractivity contribution < 1.29 is 18.8 Å². The Labute approximate surface area is 172 Å². The van der Waals surface area contributed by atoms with Crippen LogP contribution in [0.15, 0.2) is 83.4 Å². The highest BCUT2D eigenvalue weighted by Gasteiger charge is 2.27. The maximum Gasteiger partial charge on any atom is 0.269 e. The summed E-state index contributed by atoms with van der Waals surface area (Å²) in [6, 6.07) is 24.1. The lowest BCUT2D eigenvalue weighted by atomic mass is 10.2. The van der Waals surface area contributed by atoms with Gasteiger partial charge in [0.05, 0.1) is 0 Å². The first-order valence-electron chi connectivity index (χ1n) is 9.45. The Balaban J connectivity index is 1.31. The van der Waals surface area contributed by atoms with Gasteiger partial charge in [0.25, 0.3) is 11.8 Å². The summed E-state index contributed by atoms with van der Waals surface area (Å²) in [5.41, 5.74) is 2.17. The normalized spacial score (nSPS) is 14.9. The molecule has 148 valence electrons. The number of nitrogens with one attached hydrogen (secondary N) is 1. The van der Waals surface area contributed by atoms with Crippen LogP contribution in [0.3, 0.4) is 0 Å². The summed E-state index contributed by atoms with van der Waals surface area (Å²) >= 11 is 0. The highest BCUT2D eigenvalue weighted by atomic mass is 16.6. The molecule has 0 saturated heterocycles. The van der Waals surface area contributed by atoms with Crippen LogP contribution in [0, 0.1) is 0 Å².